The number of rotatable bonds is 3. The minimum Gasteiger partial charge on any atom is -0.435 e. The van der Waals surface area contributed by atoms with E-state index in [0.717, 1.165) is 17.2 Å². The Morgan fingerprint density at radius 1 is 0.970 bits per heavy atom. The molecule has 0 unspecified atom stereocenters. The van der Waals surface area contributed by atoms with Crippen LogP contribution in [0.25, 0.3) is 45.1 Å². The van der Waals surface area contributed by atoms with Crippen molar-refractivity contribution in [2.75, 3.05) is 0 Å². The zero-order valence-corrected chi connectivity index (χ0v) is 17.1. The van der Waals surface area contributed by atoms with Crippen LogP contribution in [0.4, 0.5) is 13.2 Å². The molecule has 0 radical (unpaired) electrons. The van der Waals surface area contributed by atoms with Crippen LogP contribution in [0, 0.1) is 11.3 Å². The van der Waals surface area contributed by atoms with Crippen molar-refractivity contribution in [3.8, 4) is 40.0 Å². The van der Waals surface area contributed by atoms with Gasteiger partial charge in [-0.2, -0.15) is 18.4 Å². The van der Waals surface area contributed by atoms with Crippen LogP contribution < -0.4 is 0 Å². The largest absolute Gasteiger partial charge is 0.435 e. The number of benzene rings is 3. The Bertz CT molecular complexity index is 1540. The van der Waals surface area contributed by atoms with Gasteiger partial charge in [0.2, 0.25) is 5.89 Å². The van der Waals surface area contributed by atoms with Crippen molar-refractivity contribution < 1.29 is 17.6 Å². The molecule has 5 rings (SSSR count). The molecule has 0 N–H and O–H groups in total. The van der Waals surface area contributed by atoms with E-state index in [0.29, 0.717) is 22.5 Å². The lowest BCUT2D eigenvalue weighted by Crippen LogP contribution is -2.04. The van der Waals surface area contributed by atoms with E-state index in [1.807, 2.05) is 6.07 Å². The molecular formula is C24H14F3N5O. The SMILES string of the molecule is Cn1cnnc1-c1cc(C#N)ccc1-c1cccc(-c2nc3cccc(C(F)(F)F)c3o2)c1. The van der Waals surface area contributed by atoms with Crippen molar-refractivity contribution in [3.63, 3.8) is 0 Å². The summed E-state index contributed by atoms with van der Waals surface area (Å²) >= 11 is 0. The van der Waals surface area contributed by atoms with Crippen LogP contribution in [0.3, 0.4) is 0 Å². The van der Waals surface area contributed by atoms with E-state index in [9.17, 15) is 18.4 Å². The molecule has 0 atom stereocenters. The first-order valence-electron chi connectivity index (χ1n) is 9.81. The van der Waals surface area contributed by atoms with Crippen LogP contribution in [0.2, 0.25) is 0 Å². The summed E-state index contributed by atoms with van der Waals surface area (Å²) in [5, 5.41) is 17.4. The fraction of sp³-hybridized carbons (Fsp3) is 0.0833. The molecule has 9 heteroatoms. The summed E-state index contributed by atoms with van der Waals surface area (Å²) < 4.78 is 47.4. The van der Waals surface area contributed by atoms with Crippen molar-refractivity contribution in [3.05, 3.63) is 78.1 Å². The molecule has 5 aromatic rings. The first-order valence-corrected chi connectivity index (χ1v) is 9.81. The monoisotopic (exact) mass is 445 g/mol. The highest BCUT2D eigenvalue weighted by molar-refractivity contribution is 5.84. The van der Waals surface area contributed by atoms with E-state index >= 15 is 0 Å². The van der Waals surface area contributed by atoms with Crippen LogP contribution in [0.1, 0.15) is 11.1 Å². The van der Waals surface area contributed by atoms with Crippen molar-refractivity contribution in [1.29, 1.82) is 5.26 Å². The molecule has 33 heavy (non-hydrogen) atoms. The predicted octanol–water partition coefficient (Wildman–Crippen LogP) is 5.85. The lowest BCUT2D eigenvalue weighted by molar-refractivity contribution is -0.136. The van der Waals surface area contributed by atoms with Crippen LogP contribution in [-0.4, -0.2) is 19.7 Å². The molecule has 0 aliphatic carbocycles. The smallest absolute Gasteiger partial charge is 0.420 e. The number of para-hydroxylation sites is 1. The molecule has 0 aliphatic heterocycles. The molecule has 162 valence electrons. The number of hydrogen-bond acceptors (Lipinski definition) is 5. The quantitative estimate of drug-likeness (QED) is 0.348. The fourth-order valence-electron chi connectivity index (χ4n) is 3.69. The molecule has 3 aromatic carbocycles. The Balaban J connectivity index is 1.65. The van der Waals surface area contributed by atoms with Crippen molar-refractivity contribution in [2.45, 2.75) is 6.18 Å². The van der Waals surface area contributed by atoms with E-state index in [-0.39, 0.29) is 17.0 Å². The number of halogens is 3. The minimum absolute atomic E-state index is 0.0809. The molecule has 6 nitrogen and oxygen atoms in total. The van der Waals surface area contributed by atoms with Crippen molar-refractivity contribution in [1.82, 2.24) is 19.7 Å². The van der Waals surface area contributed by atoms with Crippen LogP contribution in [0.5, 0.6) is 0 Å². The zero-order valence-electron chi connectivity index (χ0n) is 17.1. The van der Waals surface area contributed by atoms with E-state index in [4.69, 9.17) is 4.42 Å². The lowest BCUT2D eigenvalue weighted by atomic mass is 9.96. The van der Waals surface area contributed by atoms with E-state index in [1.54, 1.807) is 54.3 Å². The number of alkyl halides is 3. The Hall–Kier alpha value is -4.45. The van der Waals surface area contributed by atoms with Gasteiger partial charge in [0, 0.05) is 18.2 Å². The summed E-state index contributed by atoms with van der Waals surface area (Å²) in [5.74, 6) is 0.654. The maximum absolute atomic E-state index is 13.4. The molecule has 2 heterocycles. The summed E-state index contributed by atoms with van der Waals surface area (Å²) in [5.41, 5.74) is 2.17. The lowest BCUT2D eigenvalue weighted by Gasteiger charge is -2.11. The van der Waals surface area contributed by atoms with E-state index < -0.39 is 11.7 Å². The fourth-order valence-corrected chi connectivity index (χ4v) is 3.69. The minimum atomic E-state index is -4.55. The summed E-state index contributed by atoms with van der Waals surface area (Å²) in [4.78, 5) is 4.27. The second kappa shape index (κ2) is 7.60. The second-order valence-electron chi connectivity index (χ2n) is 7.39. The highest BCUT2D eigenvalue weighted by Gasteiger charge is 2.34. The molecule has 0 saturated carbocycles. The van der Waals surface area contributed by atoms with Crippen molar-refractivity contribution >= 4 is 11.1 Å². The molecule has 0 spiro atoms. The molecule has 0 fully saturated rings. The summed E-state index contributed by atoms with van der Waals surface area (Å²) in [6.45, 7) is 0. The highest BCUT2D eigenvalue weighted by atomic mass is 19.4. The van der Waals surface area contributed by atoms with Crippen LogP contribution in [0.15, 0.2) is 71.4 Å². The number of nitriles is 1. The van der Waals surface area contributed by atoms with Gasteiger partial charge in [-0.05, 0) is 47.5 Å². The number of fused-ring (bicyclic) bond motifs is 1. The first-order chi connectivity index (χ1) is 15.8. The molecular weight excluding hydrogens is 431 g/mol. The number of aryl methyl sites for hydroxylation is 1. The second-order valence-corrected chi connectivity index (χ2v) is 7.39. The Morgan fingerprint density at radius 3 is 2.48 bits per heavy atom. The molecule has 0 saturated heterocycles. The van der Waals surface area contributed by atoms with Crippen LogP contribution >= 0.6 is 0 Å². The van der Waals surface area contributed by atoms with E-state index in [2.05, 4.69) is 21.3 Å². The van der Waals surface area contributed by atoms with Gasteiger partial charge in [0.05, 0.1) is 11.6 Å². The number of oxazole rings is 1. The van der Waals surface area contributed by atoms with Gasteiger partial charge in [-0.1, -0.05) is 24.3 Å². The summed E-state index contributed by atoms with van der Waals surface area (Å²) in [6, 6.07) is 18.2. The summed E-state index contributed by atoms with van der Waals surface area (Å²) in [6.07, 6.45) is -2.99. The highest BCUT2D eigenvalue weighted by Crippen LogP contribution is 2.38. The Kier molecular flexibility index (Phi) is 4.71. The number of aromatic nitrogens is 4. The zero-order chi connectivity index (χ0) is 23.2. The van der Waals surface area contributed by atoms with Crippen LogP contribution in [-0.2, 0) is 13.2 Å². The molecule has 0 amide bonds. The van der Waals surface area contributed by atoms with Gasteiger partial charge in [-0.15, -0.1) is 10.2 Å². The normalized spacial score (nSPS) is 11.6. The third kappa shape index (κ3) is 3.61. The van der Waals surface area contributed by atoms with Gasteiger partial charge in [-0.3, -0.25) is 0 Å². The predicted molar refractivity (Wildman–Crippen MR) is 115 cm³/mol. The molecule has 0 aliphatic rings. The number of nitrogens with zero attached hydrogens (tertiary/aromatic N) is 5. The van der Waals surface area contributed by atoms with Gasteiger partial charge >= 0.3 is 6.18 Å². The third-order valence-corrected chi connectivity index (χ3v) is 5.24. The van der Waals surface area contributed by atoms with E-state index in [1.165, 1.54) is 12.1 Å². The topological polar surface area (TPSA) is 80.5 Å². The maximum Gasteiger partial charge on any atom is 0.420 e. The van der Waals surface area contributed by atoms with Gasteiger partial charge in [-0.25, -0.2) is 4.98 Å². The average molecular weight is 445 g/mol. The molecule has 2 aromatic heterocycles. The van der Waals surface area contributed by atoms with Gasteiger partial charge in [0.15, 0.2) is 11.4 Å². The molecule has 0 bridgehead atoms. The number of hydrogen-bond donors (Lipinski definition) is 0. The third-order valence-electron chi connectivity index (χ3n) is 5.24. The Morgan fingerprint density at radius 2 is 1.76 bits per heavy atom. The van der Waals surface area contributed by atoms with Gasteiger partial charge in [0.1, 0.15) is 17.4 Å². The standard InChI is InChI=1S/C24H14F3N5O/c1-32-13-29-31-22(32)18-10-14(12-28)8-9-17(18)15-4-2-5-16(11-15)23-30-20-7-3-6-19(21(20)33-23)24(25,26)27/h2-11,13H,1H3. The average Bonchev–Trinajstić information content (AvgIpc) is 3.44. The Labute approximate surface area is 185 Å². The first kappa shape index (κ1) is 20.5. The summed E-state index contributed by atoms with van der Waals surface area (Å²) in [7, 11) is 1.80. The van der Waals surface area contributed by atoms with Gasteiger partial charge < -0.3 is 8.98 Å². The van der Waals surface area contributed by atoms with Crippen molar-refractivity contribution in [2.24, 2.45) is 7.05 Å². The van der Waals surface area contributed by atoms with Gasteiger partial charge in [0.25, 0.3) is 0 Å². The maximum atomic E-state index is 13.4.